The van der Waals surface area contributed by atoms with Crippen LogP contribution >= 0.6 is 0 Å². The van der Waals surface area contributed by atoms with Gasteiger partial charge in [0, 0.05) is 11.1 Å². The lowest BCUT2D eigenvalue weighted by Gasteiger charge is -2.27. The lowest BCUT2D eigenvalue weighted by molar-refractivity contribution is 0.0429. The van der Waals surface area contributed by atoms with Gasteiger partial charge in [-0.3, -0.25) is 4.99 Å². The molecule has 20 heavy (non-hydrogen) atoms. The number of hydrogen-bond donors (Lipinski definition) is 1. The summed E-state index contributed by atoms with van der Waals surface area (Å²) >= 11 is 0. The van der Waals surface area contributed by atoms with Gasteiger partial charge < -0.3 is 10.0 Å². The number of aliphatic imine (C=N–C) groups is 1. The lowest BCUT2D eigenvalue weighted by Crippen LogP contribution is -2.29. The van der Waals surface area contributed by atoms with E-state index in [0.717, 1.165) is 22.5 Å². The summed E-state index contributed by atoms with van der Waals surface area (Å²) in [7, 11) is 0. The zero-order chi connectivity index (χ0) is 13.7. The van der Waals surface area contributed by atoms with Gasteiger partial charge in [0.05, 0.1) is 12.6 Å². The van der Waals surface area contributed by atoms with Crippen molar-refractivity contribution < 1.29 is 9.50 Å². The van der Waals surface area contributed by atoms with E-state index in [2.05, 4.69) is 4.99 Å². The fourth-order valence-electron chi connectivity index (χ4n) is 3.06. The molecule has 3 nitrogen and oxygen atoms in total. The molecule has 4 rings (SSSR count). The third kappa shape index (κ3) is 1.51. The largest absolute Gasteiger partial charge is 0.369 e. The Balaban J connectivity index is 1.77. The van der Waals surface area contributed by atoms with Gasteiger partial charge in [0.25, 0.3) is 0 Å². The van der Waals surface area contributed by atoms with Crippen molar-refractivity contribution in [2.45, 2.75) is 12.3 Å². The molecule has 2 heterocycles. The maximum Gasteiger partial charge on any atom is 0.155 e. The molecule has 0 aromatic heterocycles. The molecule has 0 fully saturated rings. The van der Waals surface area contributed by atoms with E-state index in [1.807, 2.05) is 35.2 Å². The van der Waals surface area contributed by atoms with E-state index < -0.39 is 6.23 Å². The monoisotopic (exact) mass is 268 g/mol. The molecular weight excluding hydrogens is 255 g/mol. The van der Waals surface area contributed by atoms with E-state index in [4.69, 9.17) is 0 Å². The number of nitrogens with zero attached hydrogens (tertiary/aromatic N) is 2. The molecule has 0 saturated carbocycles. The third-order valence-electron chi connectivity index (χ3n) is 3.97. The van der Waals surface area contributed by atoms with E-state index in [-0.39, 0.29) is 11.9 Å². The number of fused-ring (bicyclic) bond motifs is 3. The predicted octanol–water partition coefficient (Wildman–Crippen LogP) is 2.63. The van der Waals surface area contributed by atoms with Gasteiger partial charge in [0.2, 0.25) is 0 Å². The quantitative estimate of drug-likeness (QED) is 0.863. The van der Waals surface area contributed by atoms with Gasteiger partial charge in [-0.1, -0.05) is 36.4 Å². The van der Waals surface area contributed by atoms with Gasteiger partial charge in [0.15, 0.2) is 6.23 Å². The first-order valence-corrected chi connectivity index (χ1v) is 6.61. The molecule has 0 spiro atoms. The highest BCUT2D eigenvalue weighted by Crippen LogP contribution is 2.42. The summed E-state index contributed by atoms with van der Waals surface area (Å²) in [6, 6.07) is 14.1. The number of benzene rings is 2. The molecule has 0 saturated heterocycles. The zero-order valence-electron chi connectivity index (χ0n) is 10.7. The van der Waals surface area contributed by atoms with Crippen LogP contribution in [0, 0.1) is 5.82 Å². The van der Waals surface area contributed by atoms with Crippen LogP contribution in [-0.2, 0) is 0 Å². The number of aliphatic hydroxyl groups is 1. The summed E-state index contributed by atoms with van der Waals surface area (Å²) in [5.41, 5.74) is 2.68. The Morgan fingerprint density at radius 2 is 2.00 bits per heavy atom. The van der Waals surface area contributed by atoms with E-state index in [1.54, 1.807) is 6.07 Å². The van der Waals surface area contributed by atoms with Gasteiger partial charge in [-0.25, -0.2) is 4.39 Å². The lowest BCUT2D eigenvalue weighted by atomic mass is 10.1. The van der Waals surface area contributed by atoms with Crippen LogP contribution in [0.25, 0.3) is 0 Å². The molecule has 2 aromatic carbocycles. The minimum atomic E-state index is -0.708. The molecule has 2 aliphatic heterocycles. The third-order valence-corrected chi connectivity index (χ3v) is 3.97. The first-order valence-electron chi connectivity index (χ1n) is 6.61. The van der Waals surface area contributed by atoms with Crippen molar-refractivity contribution in [2.75, 3.05) is 6.54 Å². The van der Waals surface area contributed by atoms with Crippen molar-refractivity contribution in [3.8, 4) is 0 Å². The molecule has 2 aliphatic rings. The van der Waals surface area contributed by atoms with Crippen molar-refractivity contribution >= 4 is 5.84 Å². The van der Waals surface area contributed by atoms with Gasteiger partial charge in [-0.05, 0) is 17.7 Å². The number of amidine groups is 1. The van der Waals surface area contributed by atoms with Gasteiger partial charge in [-0.15, -0.1) is 0 Å². The molecule has 100 valence electrons. The zero-order valence-corrected chi connectivity index (χ0v) is 10.7. The highest BCUT2D eigenvalue weighted by atomic mass is 19.1. The molecule has 0 amide bonds. The van der Waals surface area contributed by atoms with Crippen LogP contribution in [0.15, 0.2) is 53.5 Å². The molecule has 2 atom stereocenters. The Kier molecular flexibility index (Phi) is 2.41. The minimum Gasteiger partial charge on any atom is -0.369 e. The number of rotatable bonds is 1. The molecule has 0 bridgehead atoms. The SMILES string of the molecule is OC1c2ccccc2C2=NCC(c3cccc(F)c3)N21. The number of halogens is 1. The summed E-state index contributed by atoms with van der Waals surface area (Å²) in [6.45, 7) is 0.546. The molecule has 2 aromatic rings. The van der Waals surface area contributed by atoms with Crippen LogP contribution < -0.4 is 0 Å². The van der Waals surface area contributed by atoms with Crippen LogP contribution in [0.1, 0.15) is 29.0 Å². The number of aliphatic hydroxyl groups excluding tert-OH is 1. The Bertz CT molecular complexity index is 713. The standard InChI is InChI=1S/C16H13FN2O/c17-11-5-3-4-10(8-11)14-9-18-15-12-6-1-2-7-13(12)16(20)19(14)15/h1-8,14,16,20H,9H2. The molecule has 1 N–H and O–H groups in total. The van der Waals surface area contributed by atoms with Gasteiger partial charge in [0.1, 0.15) is 11.7 Å². The topological polar surface area (TPSA) is 35.8 Å². The predicted molar refractivity (Wildman–Crippen MR) is 73.8 cm³/mol. The van der Waals surface area contributed by atoms with Crippen LogP contribution in [0.5, 0.6) is 0 Å². The van der Waals surface area contributed by atoms with Gasteiger partial charge in [-0.2, -0.15) is 0 Å². The van der Waals surface area contributed by atoms with Crippen molar-refractivity contribution in [3.63, 3.8) is 0 Å². The van der Waals surface area contributed by atoms with E-state index in [1.165, 1.54) is 12.1 Å². The Labute approximate surface area is 116 Å². The van der Waals surface area contributed by atoms with Crippen molar-refractivity contribution in [2.24, 2.45) is 4.99 Å². The fraction of sp³-hybridized carbons (Fsp3) is 0.188. The molecule has 0 aliphatic carbocycles. The molecular formula is C16H13FN2O. The Hall–Kier alpha value is -2.20. The van der Waals surface area contributed by atoms with Crippen LogP contribution in [0.4, 0.5) is 4.39 Å². The van der Waals surface area contributed by atoms with E-state index in [9.17, 15) is 9.50 Å². The fourth-order valence-corrected chi connectivity index (χ4v) is 3.06. The molecule has 2 unspecified atom stereocenters. The summed E-state index contributed by atoms with van der Waals surface area (Å²) in [5.74, 6) is 0.546. The highest BCUT2D eigenvalue weighted by Gasteiger charge is 2.41. The average molecular weight is 268 g/mol. The summed E-state index contributed by atoms with van der Waals surface area (Å²) in [4.78, 5) is 6.41. The summed E-state index contributed by atoms with van der Waals surface area (Å²) in [6.07, 6.45) is -0.708. The van der Waals surface area contributed by atoms with Crippen molar-refractivity contribution in [3.05, 3.63) is 71.0 Å². The molecule has 4 heteroatoms. The van der Waals surface area contributed by atoms with Crippen LogP contribution in [-0.4, -0.2) is 22.4 Å². The maximum absolute atomic E-state index is 13.4. The Morgan fingerprint density at radius 1 is 1.15 bits per heavy atom. The normalized spacial score (nSPS) is 23.5. The van der Waals surface area contributed by atoms with E-state index in [0.29, 0.717) is 6.54 Å². The second kappa shape index (κ2) is 4.15. The average Bonchev–Trinajstić information content (AvgIpc) is 3.01. The number of hydrogen-bond acceptors (Lipinski definition) is 3. The van der Waals surface area contributed by atoms with Crippen LogP contribution in [0.3, 0.4) is 0 Å². The van der Waals surface area contributed by atoms with Crippen molar-refractivity contribution in [1.82, 2.24) is 4.90 Å². The summed E-state index contributed by atoms with van der Waals surface area (Å²) < 4.78 is 13.4. The Morgan fingerprint density at radius 3 is 2.85 bits per heavy atom. The second-order valence-corrected chi connectivity index (χ2v) is 5.10. The van der Waals surface area contributed by atoms with Gasteiger partial charge >= 0.3 is 0 Å². The second-order valence-electron chi connectivity index (χ2n) is 5.10. The first kappa shape index (κ1) is 11.6. The van der Waals surface area contributed by atoms with E-state index >= 15 is 0 Å². The van der Waals surface area contributed by atoms with Crippen molar-refractivity contribution in [1.29, 1.82) is 0 Å². The van der Waals surface area contributed by atoms with Crippen LogP contribution in [0.2, 0.25) is 0 Å². The first-order chi connectivity index (χ1) is 9.75. The highest BCUT2D eigenvalue weighted by molar-refractivity contribution is 6.04. The smallest absolute Gasteiger partial charge is 0.155 e. The maximum atomic E-state index is 13.4. The summed E-state index contributed by atoms with van der Waals surface area (Å²) in [5, 5.41) is 10.5. The molecule has 0 radical (unpaired) electrons. The minimum absolute atomic E-state index is 0.108.